The van der Waals surface area contributed by atoms with Crippen molar-refractivity contribution in [3.63, 3.8) is 0 Å². The molecule has 104 valence electrons. The van der Waals surface area contributed by atoms with Crippen LogP contribution in [0.5, 0.6) is 5.75 Å². The minimum absolute atomic E-state index is 0.176. The minimum atomic E-state index is -0.176. The minimum Gasteiger partial charge on any atom is -0.495 e. The van der Waals surface area contributed by atoms with E-state index in [2.05, 4.69) is 21.2 Å². The van der Waals surface area contributed by atoms with Gasteiger partial charge in [-0.2, -0.15) is 0 Å². The van der Waals surface area contributed by atoms with E-state index in [1.165, 1.54) is 0 Å². The van der Waals surface area contributed by atoms with Crippen LogP contribution >= 0.6 is 15.9 Å². The summed E-state index contributed by atoms with van der Waals surface area (Å²) in [4.78, 5) is 12.1. The molecule has 0 aliphatic heterocycles. The first-order valence-corrected chi connectivity index (χ1v) is 6.81. The van der Waals surface area contributed by atoms with Crippen molar-refractivity contribution in [2.24, 2.45) is 0 Å². The number of hydrogen-bond acceptors (Lipinski definition) is 3. The van der Waals surface area contributed by atoms with Crippen LogP contribution in [-0.4, -0.2) is 13.0 Å². The Morgan fingerprint density at radius 1 is 1.25 bits per heavy atom. The van der Waals surface area contributed by atoms with Gasteiger partial charge in [0, 0.05) is 15.7 Å². The van der Waals surface area contributed by atoms with E-state index in [1.807, 2.05) is 19.1 Å². The first-order valence-electron chi connectivity index (χ1n) is 6.02. The molecule has 2 aromatic rings. The number of methoxy groups -OCH3 is 1. The van der Waals surface area contributed by atoms with Gasteiger partial charge in [0.15, 0.2) is 0 Å². The molecule has 5 heteroatoms. The van der Waals surface area contributed by atoms with Gasteiger partial charge in [-0.05, 0) is 48.9 Å². The molecule has 4 nitrogen and oxygen atoms in total. The third-order valence-corrected chi connectivity index (χ3v) is 3.80. The molecule has 2 rings (SSSR count). The fraction of sp³-hybridized carbons (Fsp3) is 0.133. The quantitative estimate of drug-likeness (QED) is 0.843. The van der Waals surface area contributed by atoms with Crippen molar-refractivity contribution in [3.05, 3.63) is 52.0 Å². The Balaban J connectivity index is 2.19. The molecule has 0 unspecified atom stereocenters. The van der Waals surface area contributed by atoms with Crippen LogP contribution in [0.1, 0.15) is 15.9 Å². The molecule has 0 saturated carbocycles. The first kappa shape index (κ1) is 14.4. The highest BCUT2D eigenvalue weighted by molar-refractivity contribution is 9.10. The average Bonchev–Trinajstić information content (AvgIpc) is 2.42. The van der Waals surface area contributed by atoms with Crippen molar-refractivity contribution in [3.8, 4) is 5.75 Å². The molecule has 0 radical (unpaired) electrons. The van der Waals surface area contributed by atoms with E-state index in [9.17, 15) is 4.79 Å². The van der Waals surface area contributed by atoms with Gasteiger partial charge in [0.1, 0.15) is 5.75 Å². The molecule has 1 amide bonds. The molecule has 0 spiro atoms. The van der Waals surface area contributed by atoms with Crippen molar-refractivity contribution in [1.82, 2.24) is 0 Å². The Hall–Kier alpha value is -2.01. The zero-order valence-corrected chi connectivity index (χ0v) is 12.8. The molecule has 0 bridgehead atoms. The number of amides is 1. The number of halogens is 1. The molecule has 2 aromatic carbocycles. The molecule has 0 fully saturated rings. The van der Waals surface area contributed by atoms with E-state index in [1.54, 1.807) is 31.4 Å². The van der Waals surface area contributed by atoms with Gasteiger partial charge in [0.05, 0.1) is 12.8 Å². The number of carbonyl (C=O) groups excluding carboxylic acids is 1. The van der Waals surface area contributed by atoms with Crippen LogP contribution in [0, 0.1) is 6.92 Å². The standard InChI is InChI=1S/C15H15BrN2O2/c1-9-7-10(3-5-12(9)16)15(19)18-11-4-6-14(20-2)13(17)8-11/h3-8H,17H2,1-2H3,(H,18,19). The summed E-state index contributed by atoms with van der Waals surface area (Å²) < 4.78 is 6.05. The Morgan fingerprint density at radius 3 is 2.60 bits per heavy atom. The van der Waals surface area contributed by atoms with Crippen LogP contribution in [0.15, 0.2) is 40.9 Å². The van der Waals surface area contributed by atoms with Crippen molar-refractivity contribution in [2.45, 2.75) is 6.92 Å². The Labute approximate surface area is 126 Å². The van der Waals surface area contributed by atoms with Crippen LogP contribution in [0.3, 0.4) is 0 Å². The largest absolute Gasteiger partial charge is 0.495 e. The number of anilines is 2. The lowest BCUT2D eigenvalue weighted by Crippen LogP contribution is -2.12. The van der Waals surface area contributed by atoms with Crippen molar-refractivity contribution < 1.29 is 9.53 Å². The van der Waals surface area contributed by atoms with Crippen LogP contribution in [-0.2, 0) is 0 Å². The predicted octanol–water partition coefficient (Wildman–Crippen LogP) is 3.60. The number of ether oxygens (including phenoxy) is 1. The number of nitrogen functional groups attached to an aromatic ring is 1. The summed E-state index contributed by atoms with van der Waals surface area (Å²) in [5, 5.41) is 2.81. The lowest BCUT2D eigenvalue weighted by atomic mass is 10.1. The SMILES string of the molecule is COc1ccc(NC(=O)c2ccc(Br)c(C)c2)cc1N. The molecule has 0 aliphatic rings. The van der Waals surface area contributed by atoms with Crippen LogP contribution in [0.2, 0.25) is 0 Å². The van der Waals surface area contributed by atoms with Gasteiger partial charge in [0.2, 0.25) is 0 Å². The highest BCUT2D eigenvalue weighted by Crippen LogP contribution is 2.25. The van der Waals surface area contributed by atoms with Gasteiger partial charge in [0.25, 0.3) is 5.91 Å². The van der Waals surface area contributed by atoms with E-state index in [-0.39, 0.29) is 5.91 Å². The fourth-order valence-electron chi connectivity index (χ4n) is 1.80. The van der Waals surface area contributed by atoms with Gasteiger partial charge in [-0.3, -0.25) is 4.79 Å². The highest BCUT2D eigenvalue weighted by Gasteiger charge is 2.08. The zero-order chi connectivity index (χ0) is 14.7. The zero-order valence-electron chi connectivity index (χ0n) is 11.2. The van der Waals surface area contributed by atoms with E-state index in [0.717, 1.165) is 10.0 Å². The Morgan fingerprint density at radius 2 is 2.00 bits per heavy atom. The number of carbonyl (C=O) groups is 1. The fourth-order valence-corrected chi connectivity index (χ4v) is 2.05. The van der Waals surface area contributed by atoms with E-state index in [4.69, 9.17) is 10.5 Å². The molecule has 0 saturated heterocycles. The smallest absolute Gasteiger partial charge is 0.255 e. The maximum absolute atomic E-state index is 12.1. The Bertz CT molecular complexity index is 656. The summed E-state index contributed by atoms with van der Waals surface area (Å²) in [6.07, 6.45) is 0. The molecule has 3 N–H and O–H groups in total. The van der Waals surface area contributed by atoms with Gasteiger partial charge in [-0.15, -0.1) is 0 Å². The van der Waals surface area contributed by atoms with Crippen molar-refractivity contribution >= 4 is 33.2 Å². The summed E-state index contributed by atoms with van der Waals surface area (Å²) in [6.45, 7) is 1.94. The number of hydrogen-bond donors (Lipinski definition) is 2. The molecule has 0 heterocycles. The molecular weight excluding hydrogens is 320 g/mol. The monoisotopic (exact) mass is 334 g/mol. The number of nitrogens with one attached hydrogen (secondary N) is 1. The second-order valence-electron chi connectivity index (χ2n) is 4.37. The van der Waals surface area contributed by atoms with Crippen molar-refractivity contribution in [2.75, 3.05) is 18.2 Å². The van der Waals surface area contributed by atoms with Crippen LogP contribution in [0.4, 0.5) is 11.4 Å². The van der Waals surface area contributed by atoms with Gasteiger partial charge >= 0.3 is 0 Å². The third-order valence-electron chi connectivity index (χ3n) is 2.91. The summed E-state index contributed by atoms with van der Waals surface area (Å²) in [5.74, 6) is 0.410. The van der Waals surface area contributed by atoms with Crippen LogP contribution in [0.25, 0.3) is 0 Å². The normalized spacial score (nSPS) is 10.2. The lowest BCUT2D eigenvalue weighted by Gasteiger charge is -2.09. The number of benzene rings is 2. The number of aryl methyl sites for hydroxylation is 1. The highest BCUT2D eigenvalue weighted by atomic mass is 79.9. The maximum atomic E-state index is 12.1. The predicted molar refractivity (Wildman–Crippen MR) is 84.2 cm³/mol. The van der Waals surface area contributed by atoms with E-state index >= 15 is 0 Å². The van der Waals surface area contributed by atoms with Crippen molar-refractivity contribution in [1.29, 1.82) is 0 Å². The maximum Gasteiger partial charge on any atom is 0.255 e. The first-order chi connectivity index (χ1) is 9.51. The molecule has 0 atom stereocenters. The van der Waals surface area contributed by atoms with Gasteiger partial charge in [-0.25, -0.2) is 0 Å². The lowest BCUT2D eigenvalue weighted by molar-refractivity contribution is 0.102. The average molecular weight is 335 g/mol. The number of rotatable bonds is 3. The number of nitrogens with two attached hydrogens (primary N) is 1. The molecule has 20 heavy (non-hydrogen) atoms. The Kier molecular flexibility index (Phi) is 4.29. The third kappa shape index (κ3) is 3.11. The second kappa shape index (κ2) is 5.96. The molecule has 0 aliphatic carbocycles. The summed E-state index contributed by atoms with van der Waals surface area (Å²) >= 11 is 3.41. The van der Waals surface area contributed by atoms with Crippen LogP contribution < -0.4 is 15.8 Å². The summed E-state index contributed by atoms with van der Waals surface area (Å²) in [6, 6.07) is 10.6. The summed E-state index contributed by atoms with van der Waals surface area (Å²) in [7, 11) is 1.55. The van der Waals surface area contributed by atoms with Gasteiger partial charge in [-0.1, -0.05) is 15.9 Å². The van der Waals surface area contributed by atoms with E-state index < -0.39 is 0 Å². The van der Waals surface area contributed by atoms with Gasteiger partial charge < -0.3 is 15.8 Å². The topological polar surface area (TPSA) is 64.3 Å². The summed E-state index contributed by atoms with van der Waals surface area (Å²) in [5.41, 5.74) is 8.53. The molecular formula is C15H15BrN2O2. The second-order valence-corrected chi connectivity index (χ2v) is 5.23. The van der Waals surface area contributed by atoms with E-state index in [0.29, 0.717) is 22.7 Å². The molecule has 0 aromatic heterocycles.